The van der Waals surface area contributed by atoms with Crippen LogP contribution in [0.15, 0.2) is 35.7 Å². The molecule has 0 spiro atoms. The highest BCUT2D eigenvalue weighted by atomic mass is 32.2. The van der Waals surface area contributed by atoms with Crippen molar-refractivity contribution in [3.63, 3.8) is 0 Å². The molecule has 0 radical (unpaired) electrons. The Morgan fingerprint density at radius 1 is 1.39 bits per heavy atom. The zero-order valence-corrected chi connectivity index (χ0v) is 14.2. The molecule has 2 aromatic rings. The number of thiazole rings is 1. The molecule has 122 valence electrons. The van der Waals surface area contributed by atoms with E-state index in [1.165, 1.54) is 11.3 Å². The lowest BCUT2D eigenvalue weighted by Crippen LogP contribution is -2.34. The largest absolute Gasteiger partial charge is 0.436 e. The molecule has 0 bridgehead atoms. The number of carbonyl (C=O) groups excluding carboxylic acids is 2. The van der Waals surface area contributed by atoms with Gasteiger partial charge in [0.05, 0.1) is 5.69 Å². The van der Waals surface area contributed by atoms with Crippen molar-refractivity contribution in [3.05, 3.63) is 35.7 Å². The van der Waals surface area contributed by atoms with Gasteiger partial charge in [0.1, 0.15) is 0 Å². The highest BCUT2D eigenvalue weighted by Gasteiger charge is 2.22. The zero-order valence-electron chi connectivity index (χ0n) is 12.5. The first-order valence-corrected chi connectivity index (χ1v) is 9.14. The first-order valence-electron chi connectivity index (χ1n) is 6.87. The van der Waals surface area contributed by atoms with Crippen molar-refractivity contribution in [2.75, 3.05) is 17.3 Å². The lowest BCUT2D eigenvalue weighted by atomic mass is 10.2. The van der Waals surface area contributed by atoms with Gasteiger partial charge in [-0.2, -0.15) is 11.8 Å². The van der Waals surface area contributed by atoms with Crippen LogP contribution in [0, 0.1) is 0 Å². The van der Waals surface area contributed by atoms with Gasteiger partial charge < -0.3 is 10.5 Å². The second-order valence-electron chi connectivity index (χ2n) is 4.60. The Kier molecular flexibility index (Phi) is 6.42. The molecule has 23 heavy (non-hydrogen) atoms. The van der Waals surface area contributed by atoms with Crippen LogP contribution >= 0.6 is 23.1 Å². The summed E-state index contributed by atoms with van der Waals surface area (Å²) in [6, 6.07) is 9.66. The molecule has 1 unspecified atom stereocenters. The number of nitrogens with zero attached hydrogens (tertiary/aromatic N) is 1. The maximum absolute atomic E-state index is 12.2. The van der Waals surface area contributed by atoms with Crippen molar-refractivity contribution in [2.45, 2.75) is 12.5 Å². The highest BCUT2D eigenvalue weighted by molar-refractivity contribution is 7.98. The van der Waals surface area contributed by atoms with Crippen LogP contribution in [0.4, 0.5) is 9.93 Å². The van der Waals surface area contributed by atoms with E-state index in [-0.39, 0.29) is 0 Å². The number of hydrogen-bond acceptors (Lipinski definition) is 6. The molecule has 3 N–H and O–H groups in total. The monoisotopic (exact) mass is 351 g/mol. The fraction of sp³-hybridized carbons (Fsp3) is 0.267. The fourth-order valence-corrected chi connectivity index (χ4v) is 3.04. The van der Waals surface area contributed by atoms with Crippen LogP contribution in [-0.4, -0.2) is 35.1 Å². The number of anilines is 1. The number of thioether (sulfide) groups is 1. The molecule has 2 rings (SSSR count). The Hall–Kier alpha value is -2.06. The van der Waals surface area contributed by atoms with Gasteiger partial charge in [-0.25, -0.2) is 9.78 Å². The lowest BCUT2D eigenvalue weighted by molar-refractivity contribution is -0.124. The molecule has 1 heterocycles. The quantitative estimate of drug-likeness (QED) is 0.800. The van der Waals surface area contributed by atoms with Gasteiger partial charge in [-0.1, -0.05) is 30.3 Å². The van der Waals surface area contributed by atoms with Crippen molar-refractivity contribution in [1.82, 2.24) is 4.98 Å². The maximum atomic E-state index is 12.2. The number of nitrogens with two attached hydrogens (primary N) is 1. The number of primary amides is 1. The van der Waals surface area contributed by atoms with Gasteiger partial charge in [0.15, 0.2) is 11.2 Å². The molecule has 1 aromatic carbocycles. The number of hydrogen-bond donors (Lipinski definition) is 2. The summed E-state index contributed by atoms with van der Waals surface area (Å²) < 4.78 is 4.87. The van der Waals surface area contributed by atoms with Gasteiger partial charge >= 0.3 is 6.09 Å². The van der Waals surface area contributed by atoms with Crippen molar-refractivity contribution in [2.24, 2.45) is 5.73 Å². The first kappa shape index (κ1) is 17.3. The standard InChI is InChI=1S/C15H17N3O3S2/c1-22-8-7-12(21-14(16)20)13(19)18-15-17-11(9-23-15)10-5-3-2-4-6-10/h2-6,9,12H,7-8H2,1H3,(H2,16,20)(H,17,18,19). The molecule has 0 fully saturated rings. The van der Waals surface area contributed by atoms with Crippen LogP contribution in [0.2, 0.25) is 0 Å². The van der Waals surface area contributed by atoms with Crippen LogP contribution in [0.1, 0.15) is 6.42 Å². The molecule has 8 heteroatoms. The second kappa shape index (κ2) is 8.54. The smallest absolute Gasteiger partial charge is 0.405 e. The summed E-state index contributed by atoms with van der Waals surface area (Å²) in [6.45, 7) is 0. The molecule has 1 atom stereocenters. The Labute approximate surface area is 142 Å². The lowest BCUT2D eigenvalue weighted by Gasteiger charge is -2.14. The van der Waals surface area contributed by atoms with E-state index in [1.54, 1.807) is 11.8 Å². The van der Waals surface area contributed by atoms with Gasteiger partial charge in [-0.3, -0.25) is 10.1 Å². The number of aromatic nitrogens is 1. The summed E-state index contributed by atoms with van der Waals surface area (Å²) in [6.07, 6.45) is 0.429. The number of nitrogens with one attached hydrogen (secondary N) is 1. The predicted octanol–water partition coefficient (Wildman–Crippen LogP) is 2.97. The van der Waals surface area contributed by atoms with Gasteiger partial charge in [0.2, 0.25) is 0 Å². The van der Waals surface area contributed by atoms with Crippen LogP contribution in [0.25, 0.3) is 11.3 Å². The fourth-order valence-electron chi connectivity index (χ4n) is 1.87. The number of rotatable bonds is 7. The van der Waals surface area contributed by atoms with Crippen molar-refractivity contribution in [3.8, 4) is 11.3 Å². The Balaban J connectivity index is 2.03. The van der Waals surface area contributed by atoms with Gasteiger partial charge in [0.25, 0.3) is 5.91 Å². The van der Waals surface area contributed by atoms with E-state index < -0.39 is 18.1 Å². The zero-order chi connectivity index (χ0) is 16.7. The Bertz CT molecular complexity index is 661. The molecule has 2 amide bonds. The van der Waals surface area contributed by atoms with Crippen LogP contribution in [-0.2, 0) is 9.53 Å². The van der Waals surface area contributed by atoms with Crippen LogP contribution < -0.4 is 11.1 Å². The summed E-state index contributed by atoms with van der Waals surface area (Å²) >= 11 is 2.87. The van der Waals surface area contributed by atoms with Crippen LogP contribution in [0.3, 0.4) is 0 Å². The molecule has 1 aromatic heterocycles. The Morgan fingerprint density at radius 3 is 2.78 bits per heavy atom. The summed E-state index contributed by atoms with van der Waals surface area (Å²) in [5.74, 6) is 0.255. The van der Waals surface area contributed by atoms with E-state index in [0.717, 1.165) is 11.3 Å². The average molecular weight is 351 g/mol. The average Bonchev–Trinajstić information content (AvgIpc) is 3.00. The van der Waals surface area contributed by atoms with E-state index in [9.17, 15) is 9.59 Å². The summed E-state index contributed by atoms with van der Waals surface area (Å²) in [4.78, 5) is 27.5. The van der Waals surface area contributed by atoms with Crippen LogP contribution in [0.5, 0.6) is 0 Å². The van der Waals surface area contributed by atoms with E-state index in [4.69, 9.17) is 10.5 Å². The topological polar surface area (TPSA) is 94.3 Å². The molecular weight excluding hydrogens is 334 g/mol. The van der Waals surface area contributed by atoms with Gasteiger partial charge in [0, 0.05) is 17.4 Å². The third-order valence-corrected chi connectivity index (χ3v) is 4.34. The molecule has 0 aliphatic heterocycles. The number of benzene rings is 1. The minimum absolute atomic E-state index is 0.396. The SMILES string of the molecule is CSCCC(OC(N)=O)C(=O)Nc1nc(-c2ccccc2)cs1. The van der Waals surface area contributed by atoms with Crippen molar-refractivity contribution >= 4 is 40.2 Å². The highest BCUT2D eigenvalue weighted by Crippen LogP contribution is 2.24. The Morgan fingerprint density at radius 2 is 2.13 bits per heavy atom. The predicted molar refractivity (Wildman–Crippen MR) is 93.6 cm³/mol. The normalized spacial score (nSPS) is 11.7. The number of amides is 2. The minimum atomic E-state index is -0.963. The third kappa shape index (κ3) is 5.26. The van der Waals surface area contributed by atoms with E-state index >= 15 is 0 Å². The summed E-state index contributed by atoms with van der Waals surface area (Å²) in [7, 11) is 0. The molecule has 0 aliphatic rings. The third-order valence-electron chi connectivity index (χ3n) is 2.94. The molecule has 0 saturated heterocycles. The summed E-state index contributed by atoms with van der Waals surface area (Å²) in [5, 5.41) is 4.99. The van der Waals surface area contributed by atoms with Gasteiger partial charge in [-0.15, -0.1) is 11.3 Å². The molecule has 0 saturated carbocycles. The van der Waals surface area contributed by atoms with Crippen molar-refractivity contribution < 1.29 is 14.3 Å². The van der Waals surface area contributed by atoms with E-state index in [0.29, 0.717) is 17.3 Å². The van der Waals surface area contributed by atoms with E-state index in [1.807, 2.05) is 42.0 Å². The second-order valence-corrected chi connectivity index (χ2v) is 6.44. The van der Waals surface area contributed by atoms with Crippen molar-refractivity contribution in [1.29, 1.82) is 0 Å². The minimum Gasteiger partial charge on any atom is -0.436 e. The molecular formula is C15H17N3O3S2. The maximum Gasteiger partial charge on any atom is 0.405 e. The molecule has 6 nitrogen and oxygen atoms in total. The first-order chi connectivity index (χ1) is 11.1. The van der Waals surface area contributed by atoms with E-state index in [2.05, 4.69) is 10.3 Å². The molecule has 0 aliphatic carbocycles. The number of carbonyl (C=O) groups is 2. The van der Waals surface area contributed by atoms with Gasteiger partial charge in [-0.05, 0) is 12.0 Å². The summed E-state index contributed by atoms with van der Waals surface area (Å²) in [5.41, 5.74) is 6.76. The number of ether oxygens (including phenoxy) is 1.